The Hall–Kier alpha value is 0.110. The summed E-state index contributed by atoms with van der Waals surface area (Å²) in [6.07, 6.45) is 10.6. The van der Waals surface area contributed by atoms with Crippen molar-refractivity contribution in [1.82, 2.24) is 0 Å². The molecule has 0 aromatic rings. The van der Waals surface area contributed by atoms with Crippen molar-refractivity contribution in [3.05, 3.63) is 0 Å². The number of rotatable bonds is 11. The molecule has 0 saturated carbocycles. The molecule has 0 saturated heterocycles. The van der Waals surface area contributed by atoms with Crippen LogP contribution in [0.5, 0.6) is 0 Å². The van der Waals surface area contributed by atoms with Crippen molar-refractivity contribution in [2.45, 2.75) is 77.0 Å². The first-order valence-corrected chi connectivity index (χ1v) is 8.40. The molecule has 5 heteroatoms. The fourth-order valence-corrected chi connectivity index (χ4v) is 2.32. The summed E-state index contributed by atoms with van der Waals surface area (Å²) in [5.41, 5.74) is 0. The van der Waals surface area contributed by atoms with Crippen LogP contribution >= 0.6 is 7.60 Å². The highest BCUT2D eigenvalue weighted by Crippen LogP contribution is 2.41. The summed E-state index contributed by atoms with van der Waals surface area (Å²) < 4.78 is 10.6. The molecule has 0 aliphatic rings. The van der Waals surface area contributed by atoms with Crippen molar-refractivity contribution >= 4 is 7.60 Å². The minimum Gasteiger partial charge on any atom is -0.380 e. The molecule has 0 aliphatic heterocycles. The van der Waals surface area contributed by atoms with Gasteiger partial charge in [0.2, 0.25) is 0 Å². The topological polar surface area (TPSA) is 77.8 Å². The van der Waals surface area contributed by atoms with E-state index in [9.17, 15) is 4.57 Å². The van der Waals surface area contributed by atoms with E-state index in [4.69, 9.17) is 14.9 Å². The van der Waals surface area contributed by atoms with Gasteiger partial charge in [-0.05, 0) is 6.42 Å². The molecule has 0 aliphatic carbocycles. The molecule has 0 spiro atoms. The minimum absolute atomic E-state index is 0.208. The number of hydrogen-bond donors (Lipinski definition) is 3. The molecule has 104 valence electrons. The molecule has 3 N–H and O–H groups in total. The Morgan fingerprint density at radius 3 is 1.71 bits per heavy atom. The molecule has 17 heavy (non-hydrogen) atoms. The number of hydrogen-bond acceptors (Lipinski definition) is 2. The Morgan fingerprint density at radius 2 is 1.29 bits per heavy atom. The maximum atomic E-state index is 10.6. The van der Waals surface area contributed by atoms with E-state index < -0.39 is 13.4 Å². The maximum Gasteiger partial charge on any atom is 0.353 e. The highest BCUT2D eigenvalue weighted by Gasteiger charge is 2.24. The van der Waals surface area contributed by atoms with Crippen molar-refractivity contribution in [1.29, 1.82) is 0 Å². The van der Waals surface area contributed by atoms with E-state index in [1.165, 1.54) is 38.5 Å². The second kappa shape index (κ2) is 10.1. The summed E-state index contributed by atoms with van der Waals surface area (Å²) in [4.78, 5) is 17.3. The molecule has 1 atom stereocenters. The Kier molecular flexibility index (Phi) is 10.1. The molecule has 0 fully saturated rings. The molecule has 0 bridgehead atoms. The minimum atomic E-state index is -4.28. The molecule has 0 radical (unpaired) electrons. The molecule has 1 unspecified atom stereocenters. The van der Waals surface area contributed by atoms with E-state index in [1.54, 1.807) is 0 Å². The Bertz CT molecular complexity index is 215. The summed E-state index contributed by atoms with van der Waals surface area (Å²) in [7, 11) is -4.28. The van der Waals surface area contributed by atoms with Crippen LogP contribution in [0.25, 0.3) is 0 Å². The summed E-state index contributed by atoms with van der Waals surface area (Å²) in [6, 6.07) is 0. The molecule has 0 aromatic carbocycles. The highest BCUT2D eigenvalue weighted by molar-refractivity contribution is 7.52. The van der Waals surface area contributed by atoms with Crippen LogP contribution in [-0.2, 0) is 4.57 Å². The normalized spacial score (nSPS) is 13.9. The number of aliphatic hydroxyl groups excluding tert-OH is 1. The molecule has 0 aromatic heterocycles. The van der Waals surface area contributed by atoms with Gasteiger partial charge in [0.05, 0.1) is 0 Å². The highest BCUT2D eigenvalue weighted by atomic mass is 31.2. The van der Waals surface area contributed by atoms with Gasteiger partial charge >= 0.3 is 7.60 Å². The van der Waals surface area contributed by atoms with Crippen molar-refractivity contribution in [2.75, 3.05) is 0 Å². The van der Waals surface area contributed by atoms with Crippen LogP contribution in [0.15, 0.2) is 0 Å². The third-order valence-electron chi connectivity index (χ3n) is 2.95. The predicted molar refractivity (Wildman–Crippen MR) is 69.9 cm³/mol. The van der Waals surface area contributed by atoms with Crippen LogP contribution in [0.2, 0.25) is 0 Å². The second-order valence-corrected chi connectivity index (χ2v) is 6.46. The van der Waals surface area contributed by atoms with Gasteiger partial charge in [-0.1, -0.05) is 64.7 Å². The largest absolute Gasteiger partial charge is 0.380 e. The van der Waals surface area contributed by atoms with Gasteiger partial charge < -0.3 is 14.9 Å². The van der Waals surface area contributed by atoms with Gasteiger partial charge in [-0.25, -0.2) is 0 Å². The lowest BCUT2D eigenvalue weighted by atomic mass is 10.1. The van der Waals surface area contributed by atoms with Gasteiger partial charge in [-0.3, -0.25) is 4.57 Å². The van der Waals surface area contributed by atoms with Crippen LogP contribution in [0, 0.1) is 0 Å². The quantitative estimate of drug-likeness (QED) is 0.395. The zero-order valence-corrected chi connectivity index (χ0v) is 11.7. The van der Waals surface area contributed by atoms with Crippen LogP contribution in [-0.4, -0.2) is 20.7 Å². The Labute approximate surface area is 105 Å². The molecular weight excluding hydrogens is 239 g/mol. The van der Waals surface area contributed by atoms with Crippen molar-refractivity contribution in [2.24, 2.45) is 0 Å². The van der Waals surface area contributed by atoms with E-state index >= 15 is 0 Å². The fourth-order valence-electron chi connectivity index (χ4n) is 1.81. The lowest BCUT2D eigenvalue weighted by Gasteiger charge is -2.11. The average molecular weight is 266 g/mol. The Morgan fingerprint density at radius 1 is 0.882 bits per heavy atom. The maximum absolute atomic E-state index is 10.6. The fraction of sp³-hybridized carbons (Fsp3) is 1.00. The molecule has 4 nitrogen and oxygen atoms in total. The second-order valence-electron chi connectivity index (χ2n) is 4.69. The van der Waals surface area contributed by atoms with Crippen molar-refractivity contribution in [3.63, 3.8) is 0 Å². The molecular formula is C12H27O4P. The summed E-state index contributed by atoms with van der Waals surface area (Å²) in [5, 5.41) is 9.12. The first-order chi connectivity index (χ1) is 7.98. The zero-order valence-electron chi connectivity index (χ0n) is 10.8. The lowest BCUT2D eigenvalue weighted by Crippen LogP contribution is -2.06. The van der Waals surface area contributed by atoms with E-state index in [1.807, 2.05) is 0 Å². The Balaban J connectivity index is 3.21. The van der Waals surface area contributed by atoms with Gasteiger partial charge in [0.1, 0.15) is 0 Å². The van der Waals surface area contributed by atoms with E-state index in [0.717, 1.165) is 12.8 Å². The standard InChI is InChI=1S/C12H27O4P/c1-2-3-4-5-6-7-8-9-10-11-12(13)17(14,15)16/h12-13H,2-11H2,1H3,(H2,14,15,16). The molecule has 0 rings (SSSR count). The summed E-state index contributed by atoms with van der Waals surface area (Å²) in [6.45, 7) is 2.20. The predicted octanol–water partition coefficient (Wildman–Crippen LogP) is 3.40. The van der Waals surface area contributed by atoms with Crippen LogP contribution in [0.3, 0.4) is 0 Å². The van der Waals surface area contributed by atoms with Crippen LogP contribution in [0.4, 0.5) is 0 Å². The van der Waals surface area contributed by atoms with Crippen LogP contribution in [0.1, 0.15) is 71.1 Å². The molecule has 0 amide bonds. The SMILES string of the molecule is CCCCCCCCCCCC(O)P(=O)(O)O. The van der Waals surface area contributed by atoms with Gasteiger partial charge in [-0.15, -0.1) is 0 Å². The van der Waals surface area contributed by atoms with Gasteiger partial charge in [0, 0.05) is 0 Å². The van der Waals surface area contributed by atoms with E-state index in [0.29, 0.717) is 6.42 Å². The van der Waals surface area contributed by atoms with Crippen molar-refractivity contribution in [3.8, 4) is 0 Å². The summed E-state index contributed by atoms with van der Waals surface area (Å²) in [5.74, 6) is -1.47. The lowest BCUT2D eigenvalue weighted by molar-refractivity contribution is 0.190. The average Bonchev–Trinajstić information content (AvgIpc) is 2.25. The van der Waals surface area contributed by atoms with Gasteiger partial charge in [0.25, 0.3) is 0 Å². The first-order valence-electron chi connectivity index (χ1n) is 6.71. The van der Waals surface area contributed by atoms with Gasteiger partial charge in [-0.2, -0.15) is 0 Å². The third kappa shape index (κ3) is 11.0. The van der Waals surface area contributed by atoms with Crippen LogP contribution < -0.4 is 0 Å². The van der Waals surface area contributed by atoms with E-state index in [2.05, 4.69) is 6.92 Å². The smallest absolute Gasteiger partial charge is 0.353 e. The first kappa shape index (κ1) is 17.1. The number of aliphatic hydroxyl groups is 1. The third-order valence-corrected chi connectivity index (χ3v) is 3.99. The van der Waals surface area contributed by atoms with E-state index in [-0.39, 0.29) is 6.42 Å². The zero-order chi connectivity index (χ0) is 13.1. The molecule has 0 heterocycles. The monoisotopic (exact) mass is 266 g/mol. The number of unbranched alkanes of at least 4 members (excludes halogenated alkanes) is 8. The van der Waals surface area contributed by atoms with Gasteiger partial charge in [0.15, 0.2) is 5.85 Å². The summed E-state index contributed by atoms with van der Waals surface area (Å²) >= 11 is 0. The van der Waals surface area contributed by atoms with Crippen molar-refractivity contribution < 1.29 is 19.5 Å².